The van der Waals surface area contributed by atoms with E-state index in [0.717, 1.165) is 18.4 Å². The maximum Gasteiger partial charge on any atom is 0.256 e. The van der Waals surface area contributed by atoms with Gasteiger partial charge in [-0.3, -0.25) is 4.79 Å². The zero-order valence-electron chi connectivity index (χ0n) is 20.5. The topological polar surface area (TPSA) is 80.5 Å². The average Bonchev–Trinajstić information content (AvgIpc) is 3.41. The molecule has 0 saturated carbocycles. The van der Waals surface area contributed by atoms with Crippen LogP contribution in [0.25, 0.3) is 11.4 Å². The van der Waals surface area contributed by atoms with E-state index in [4.69, 9.17) is 4.74 Å². The summed E-state index contributed by atoms with van der Waals surface area (Å²) in [6.07, 6.45) is 4.89. The van der Waals surface area contributed by atoms with E-state index in [1.807, 2.05) is 60.4 Å². The van der Waals surface area contributed by atoms with Crippen LogP contribution in [0.2, 0.25) is 0 Å². The van der Waals surface area contributed by atoms with Crippen molar-refractivity contribution in [3.8, 4) is 5.69 Å². The molecule has 35 heavy (non-hydrogen) atoms. The number of ether oxygens (including phenoxy) is 1. The van der Waals surface area contributed by atoms with E-state index in [0.29, 0.717) is 41.4 Å². The summed E-state index contributed by atoms with van der Waals surface area (Å²) in [5.41, 5.74) is 1.74. The number of piperidine rings is 1. The zero-order valence-corrected chi connectivity index (χ0v) is 20.5. The lowest BCUT2D eigenvalue weighted by molar-refractivity contribution is 0.0668. The van der Waals surface area contributed by atoms with Crippen molar-refractivity contribution in [1.82, 2.24) is 19.9 Å². The van der Waals surface area contributed by atoms with Crippen molar-refractivity contribution < 1.29 is 14.6 Å². The molecule has 0 radical (unpaired) electrons. The molecular formula is C28H32N4O3. The number of carbonyl (C=O) groups is 1. The van der Waals surface area contributed by atoms with Gasteiger partial charge in [-0.05, 0) is 45.7 Å². The van der Waals surface area contributed by atoms with E-state index >= 15 is 0 Å². The maximum atomic E-state index is 13.5. The van der Waals surface area contributed by atoms with Crippen LogP contribution in [0.5, 0.6) is 0 Å². The third kappa shape index (κ3) is 5.52. The first kappa shape index (κ1) is 24.4. The van der Waals surface area contributed by atoms with Crippen LogP contribution in [-0.2, 0) is 4.74 Å². The van der Waals surface area contributed by atoms with E-state index < -0.39 is 5.60 Å². The second-order valence-electron chi connectivity index (χ2n) is 9.37. The molecular weight excluding hydrogens is 440 g/mol. The second kappa shape index (κ2) is 10.3. The van der Waals surface area contributed by atoms with Gasteiger partial charge in [0.25, 0.3) is 5.91 Å². The largest absolute Gasteiger partial charge is 0.461 e. The van der Waals surface area contributed by atoms with E-state index in [9.17, 15) is 9.90 Å². The van der Waals surface area contributed by atoms with Gasteiger partial charge in [0.15, 0.2) is 0 Å². The quantitative estimate of drug-likeness (QED) is 0.497. The third-order valence-electron chi connectivity index (χ3n) is 6.46. The highest BCUT2D eigenvalue weighted by atomic mass is 16.5. The van der Waals surface area contributed by atoms with Crippen molar-refractivity contribution in [3.05, 3.63) is 96.0 Å². The summed E-state index contributed by atoms with van der Waals surface area (Å²) in [7, 11) is 0. The highest BCUT2D eigenvalue weighted by molar-refractivity contribution is 5.97. The summed E-state index contributed by atoms with van der Waals surface area (Å²) in [6, 6.07) is 17.1. The van der Waals surface area contributed by atoms with Gasteiger partial charge < -0.3 is 14.7 Å². The van der Waals surface area contributed by atoms with Crippen LogP contribution in [0.4, 0.5) is 0 Å². The van der Waals surface area contributed by atoms with Gasteiger partial charge in [0, 0.05) is 30.1 Å². The van der Waals surface area contributed by atoms with Crippen molar-refractivity contribution in [2.24, 2.45) is 5.92 Å². The van der Waals surface area contributed by atoms with Gasteiger partial charge >= 0.3 is 0 Å². The number of aromatic nitrogens is 3. The Morgan fingerprint density at radius 3 is 2.43 bits per heavy atom. The molecule has 0 bridgehead atoms. The van der Waals surface area contributed by atoms with E-state index in [1.54, 1.807) is 32.3 Å². The van der Waals surface area contributed by atoms with Crippen molar-refractivity contribution in [2.75, 3.05) is 13.1 Å². The normalized spacial score (nSPS) is 17.0. The predicted molar refractivity (Wildman–Crippen MR) is 136 cm³/mol. The Labute approximate surface area is 206 Å². The molecule has 3 aromatic rings. The Balaban J connectivity index is 1.54. The number of hydrogen-bond acceptors (Lipinski definition) is 5. The lowest BCUT2D eigenvalue weighted by atomic mass is 9.94. The summed E-state index contributed by atoms with van der Waals surface area (Å²) >= 11 is 0. The fourth-order valence-electron chi connectivity index (χ4n) is 4.20. The summed E-state index contributed by atoms with van der Waals surface area (Å²) < 4.78 is 6.34. The molecule has 1 aliphatic rings. The molecule has 7 nitrogen and oxygen atoms in total. The molecule has 182 valence electrons. The van der Waals surface area contributed by atoms with Crippen molar-refractivity contribution in [2.45, 2.75) is 39.2 Å². The van der Waals surface area contributed by atoms with E-state index in [1.165, 1.54) is 4.80 Å². The molecule has 1 saturated heterocycles. The van der Waals surface area contributed by atoms with E-state index in [2.05, 4.69) is 16.8 Å². The molecule has 2 heterocycles. The maximum absolute atomic E-state index is 13.5. The Bertz CT molecular complexity index is 1210. The minimum atomic E-state index is -1.05. The van der Waals surface area contributed by atoms with Gasteiger partial charge in [0.05, 0.1) is 29.2 Å². The summed E-state index contributed by atoms with van der Waals surface area (Å²) in [6.45, 7) is 10.7. The third-order valence-corrected chi connectivity index (χ3v) is 6.46. The van der Waals surface area contributed by atoms with Gasteiger partial charge in [-0.15, -0.1) is 0 Å². The standard InChI is InChI=1S/C28H32N4O3/c1-20(28(3,4)34)26(22-11-6-5-7-12-22)35-21(2)23-13-10-18-31(19-23)27(33)24-14-8-9-15-25(24)32-29-16-17-30-32/h5-9,11-12,14-17,23,34H,2,10,13,18-19H2,1,3-4H3/b26-20+. The van der Waals surface area contributed by atoms with Crippen LogP contribution in [-0.4, -0.2) is 49.6 Å². The lowest BCUT2D eigenvalue weighted by Gasteiger charge is -2.34. The van der Waals surface area contributed by atoms with Gasteiger partial charge in [0.1, 0.15) is 11.5 Å². The highest BCUT2D eigenvalue weighted by Gasteiger charge is 2.30. The van der Waals surface area contributed by atoms with Crippen molar-refractivity contribution in [3.63, 3.8) is 0 Å². The molecule has 4 rings (SSSR count). The zero-order chi connectivity index (χ0) is 25.0. The number of likely N-dealkylation sites (tertiary alicyclic amines) is 1. The Morgan fingerprint density at radius 1 is 1.09 bits per heavy atom. The number of para-hydroxylation sites is 1. The molecule has 1 fully saturated rings. The summed E-state index contributed by atoms with van der Waals surface area (Å²) in [4.78, 5) is 16.8. The van der Waals surface area contributed by atoms with Crippen LogP contribution in [0.1, 0.15) is 49.5 Å². The van der Waals surface area contributed by atoms with Crippen molar-refractivity contribution >= 4 is 11.7 Å². The lowest BCUT2D eigenvalue weighted by Crippen LogP contribution is -2.41. The Morgan fingerprint density at radius 2 is 1.74 bits per heavy atom. The number of aliphatic hydroxyl groups is 1. The minimum absolute atomic E-state index is 0.0315. The Hall–Kier alpha value is -3.71. The number of benzene rings is 2. The molecule has 2 aromatic carbocycles. The van der Waals surface area contributed by atoms with Gasteiger partial charge in [-0.1, -0.05) is 49.0 Å². The first-order chi connectivity index (χ1) is 16.8. The molecule has 1 amide bonds. The van der Waals surface area contributed by atoms with Crippen molar-refractivity contribution in [1.29, 1.82) is 0 Å². The smallest absolute Gasteiger partial charge is 0.256 e. The van der Waals surface area contributed by atoms with Crippen LogP contribution >= 0.6 is 0 Å². The number of amides is 1. The molecule has 1 N–H and O–H groups in total. The van der Waals surface area contributed by atoms with Gasteiger partial charge in [0.2, 0.25) is 0 Å². The fourth-order valence-corrected chi connectivity index (χ4v) is 4.20. The molecule has 1 atom stereocenters. The van der Waals surface area contributed by atoms with E-state index in [-0.39, 0.29) is 11.8 Å². The second-order valence-corrected chi connectivity index (χ2v) is 9.37. The fraction of sp³-hybridized carbons (Fsp3) is 0.321. The molecule has 1 aromatic heterocycles. The van der Waals surface area contributed by atoms with Crippen LogP contribution in [0.3, 0.4) is 0 Å². The average molecular weight is 473 g/mol. The SMILES string of the molecule is C=C(O/C(=C(\C)C(C)(C)O)c1ccccc1)C1CCCN(C(=O)c2ccccc2-n2nccn2)C1. The van der Waals surface area contributed by atoms with Crippen LogP contribution in [0.15, 0.2) is 84.9 Å². The number of hydrogen-bond donors (Lipinski definition) is 1. The number of rotatable bonds is 7. The molecule has 1 aliphatic heterocycles. The first-order valence-electron chi connectivity index (χ1n) is 11.9. The predicted octanol–water partition coefficient (Wildman–Crippen LogP) is 4.85. The molecule has 7 heteroatoms. The molecule has 0 spiro atoms. The Kier molecular flexibility index (Phi) is 7.17. The van der Waals surface area contributed by atoms with Crippen LogP contribution < -0.4 is 0 Å². The molecule has 0 aliphatic carbocycles. The van der Waals surface area contributed by atoms with Crippen LogP contribution in [0, 0.1) is 5.92 Å². The highest BCUT2D eigenvalue weighted by Crippen LogP contribution is 2.33. The van der Waals surface area contributed by atoms with Gasteiger partial charge in [-0.25, -0.2) is 0 Å². The number of carbonyl (C=O) groups excluding carboxylic acids is 1. The summed E-state index contributed by atoms with van der Waals surface area (Å²) in [5, 5.41) is 19.0. The minimum Gasteiger partial charge on any atom is -0.461 e. The summed E-state index contributed by atoms with van der Waals surface area (Å²) in [5.74, 6) is 1.09. The monoisotopic (exact) mass is 472 g/mol. The molecule has 1 unspecified atom stereocenters. The first-order valence-corrected chi connectivity index (χ1v) is 11.9. The van der Waals surface area contributed by atoms with Gasteiger partial charge in [-0.2, -0.15) is 15.0 Å². The number of nitrogens with zero attached hydrogens (tertiary/aromatic N) is 4.